The summed E-state index contributed by atoms with van der Waals surface area (Å²) in [6.45, 7) is 6.90. The maximum atomic E-state index is 12.6. The Bertz CT molecular complexity index is 814. The Morgan fingerprint density at radius 2 is 1.90 bits per heavy atom. The zero-order valence-electron chi connectivity index (χ0n) is 17.6. The van der Waals surface area contributed by atoms with Gasteiger partial charge in [0.25, 0.3) is 0 Å². The fourth-order valence-electron chi connectivity index (χ4n) is 2.51. The monoisotopic (exact) mass is 572 g/mol. The Hall–Kier alpha value is -1.60. The van der Waals surface area contributed by atoms with Crippen molar-refractivity contribution >= 4 is 41.3 Å². The van der Waals surface area contributed by atoms with E-state index >= 15 is 0 Å². The first-order valence-electron chi connectivity index (χ1n) is 9.67. The second-order valence-corrected chi connectivity index (χ2v) is 7.71. The number of nitrogens with one attached hydrogen (secondary N) is 2. The highest BCUT2D eigenvalue weighted by atomic mass is 127. The summed E-state index contributed by atoms with van der Waals surface area (Å²) < 4.78 is 43.4. The van der Waals surface area contributed by atoms with E-state index in [1.165, 1.54) is 0 Å². The van der Waals surface area contributed by atoms with Gasteiger partial charge in [-0.05, 0) is 38.5 Å². The summed E-state index contributed by atoms with van der Waals surface area (Å²) in [7, 11) is 0. The third-order valence-electron chi connectivity index (χ3n) is 3.88. The number of aliphatic hydroxyl groups excluding tert-OH is 1. The highest BCUT2D eigenvalue weighted by molar-refractivity contribution is 14.0. The van der Waals surface area contributed by atoms with Gasteiger partial charge in [0.05, 0.1) is 23.8 Å². The molecular weight excluding hydrogens is 544 g/mol. The first-order valence-corrected chi connectivity index (χ1v) is 10.6. The number of nitrogens with zero attached hydrogens (tertiary/aromatic N) is 2. The SMILES string of the molecule is CCNC(=NCC(O)c1ccc(OC(C)C)cc1)NCCc1nc(C(F)(F)F)cs1.I. The molecule has 0 saturated carbocycles. The molecule has 0 fully saturated rings. The predicted molar refractivity (Wildman–Crippen MR) is 127 cm³/mol. The Balaban J connectivity index is 0.00000480. The molecule has 0 aliphatic carbocycles. The largest absolute Gasteiger partial charge is 0.491 e. The van der Waals surface area contributed by atoms with Gasteiger partial charge in [0.15, 0.2) is 11.7 Å². The summed E-state index contributed by atoms with van der Waals surface area (Å²) in [5.74, 6) is 1.21. The number of aliphatic imine (C=N–C) groups is 1. The minimum Gasteiger partial charge on any atom is -0.491 e. The number of rotatable bonds is 9. The van der Waals surface area contributed by atoms with Gasteiger partial charge < -0.3 is 20.5 Å². The van der Waals surface area contributed by atoms with Crippen molar-refractivity contribution in [3.05, 3.63) is 45.9 Å². The number of benzene rings is 1. The van der Waals surface area contributed by atoms with Gasteiger partial charge in [-0.25, -0.2) is 4.98 Å². The minimum atomic E-state index is -4.42. The average Bonchev–Trinajstić information content (AvgIpc) is 3.15. The number of aliphatic hydroxyl groups is 1. The lowest BCUT2D eigenvalue weighted by atomic mass is 10.1. The minimum absolute atomic E-state index is 0. The molecule has 6 nitrogen and oxygen atoms in total. The van der Waals surface area contributed by atoms with E-state index in [9.17, 15) is 18.3 Å². The molecule has 2 rings (SSSR count). The van der Waals surface area contributed by atoms with Crippen molar-refractivity contribution in [1.29, 1.82) is 0 Å². The van der Waals surface area contributed by atoms with Gasteiger partial charge in [-0.1, -0.05) is 12.1 Å². The van der Waals surface area contributed by atoms with Gasteiger partial charge in [0.2, 0.25) is 0 Å². The fraction of sp³-hybridized carbons (Fsp3) is 0.500. The Labute approximate surface area is 201 Å². The van der Waals surface area contributed by atoms with Gasteiger partial charge in [0, 0.05) is 24.9 Å². The lowest BCUT2D eigenvalue weighted by Gasteiger charge is -2.14. The van der Waals surface area contributed by atoms with Crippen LogP contribution in [0.25, 0.3) is 0 Å². The van der Waals surface area contributed by atoms with Crippen LogP contribution in [0.4, 0.5) is 13.2 Å². The van der Waals surface area contributed by atoms with Gasteiger partial charge in [-0.3, -0.25) is 4.99 Å². The number of guanidine groups is 1. The van der Waals surface area contributed by atoms with E-state index in [1.54, 1.807) is 24.3 Å². The van der Waals surface area contributed by atoms with Crippen molar-refractivity contribution in [3.63, 3.8) is 0 Å². The molecule has 31 heavy (non-hydrogen) atoms. The van der Waals surface area contributed by atoms with Gasteiger partial charge in [0.1, 0.15) is 5.75 Å². The van der Waals surface area contributed by atoms with E-state index in [1.807, 2.05) is 20.8 Å². The van der Waals surface area contributed by atoms with E-state index in [0.717, 1.165) is 22.5 Å². The molecule has 1 aromatic carbocycles. The van der Waals surface area contributed by atoms with Crippen LogP contribution in [-0.4, -0.2) is 41.8 Å². The van der Waals surface area contributed by atoms with Gasteiger partial charge in [-0.15, -0.1) is 35.3 Å². The molecular formula is C20H28F3IN4O2S. The van der Waals surface area contributed by atoms with Crippen molar-refractivity contribution in [2.75, 3.05) is 19.6 Å². The molecule has 0 aliphatic heterocycles. The topological polar surface area (TPSA) is 78.8 Å². The van der Waals surface area contributed by atoms with Crippen molar-refractivity contribution < 1.29 is 23.0 Å². The average molecular weight is 572 g/mol. The molecule has 0 aliphatic rings. The summed E-state index contributed by atoms with van der Waals surface area (Å²) in [6.07, 6.45) is -4.80. The first kappa shape index (κ1) is 27.4. The smallest absolute Gasteiger partial charge is 0.434 e. The Morgan fingerprint density at radius 1 is 1.23 bits per heavy atom. The zero-order chi connectivity index (χ0) is 22.1. The second-order valence-electron chi connectivity index (χ2n) is 6.77. The molecule has 0 amide bonds. The Kier molecular flexibility index (Phi) is 11.6. The lowest BCUT2D eigenvalue weighted by molar-refractivity contribution is -0.140. The van der Waals surface area contributed by atoms with Crippen molar-refractivity contribution in [2.45, 2.75) is 45.6 Å². The molecule has 0 bridgehead atoms. The molecule has 0 radical (unpaired) electrons. The first-order chi connectivity index (χ1) is 14.2. The summed E-state index contributed by atoms with van der Waals surface area (Å²) in [6, 6.07) is 7.18. The van der Waals surface area contributed by atoms with Gasteiger partial charge in [-0.2, -0.15) is 13.2 Å². The van der Waals surface area contributed by atoms with Crippen LogP contribution in [0, 0.1) is 0 Å². The number of aromatic nitrogens is 1. The maximum absolute atomic E-state index is 12.6. The van der Waals surface area contributed by atoms with E-state index < -0.39 is 18.0 Å². The van der Waals surface area contributed by atoms with Crippen LogP contribution < -0.4 is 15.4 Å². The highest BCUT2D eigenvalue weighted by Gasteiger charge is 2.33. The number of ether oxygens (including phenoxy) is 1. The number of hydrogen-bond acceptors (Lipinski definition) is 5. The van der Waals surface area contributed by atoms with Crippen LogP contribution in [0.2, 0.25) is 0 Å². The molecule has 174 valence electrons. The van der Waals surface area contributed by atoms with Crippen LogP contribution in [-0.2, 0) is 12.6 Å². The molecule has 0 spiro atoms. The summed E-state index contributed by atoms with van der Waals surface area (Å²) in [5, 5.41) is 17.9. The molecule has 11 heteroatoms. The van der Waals surface area contributed by atoms with E-state index in [2.05, 4.69) is 20.6 Å². The molecule has 1 atom stereocenters. The molecule has 1 heterocycles. The van der Waals surface area contributed by atoms with E-state index in [0.29, 0.717) is 36.0 Å². The third-order valence-corrected chi connectivity index (χ3v) is 4.79. The quantitative estimate of drug-likeness (QED) is 0.236. The number of halogens is 4. The van der Waals surface area contributed by atoms with Crippen molar-refractivity contribution in [2.24, 2.45) is 4.99 Å². The number of hydrogen-bond donors (Lipinski definition) is 3. The summed E-state index contributed by atoms with van der Waals surface area (Å²) in [4.78, 5) is 7.96. The predicted octanol–water partition coefficient (Wildman–Crippen LogP) is 4.40. The lowest BCUT2D eigenvalue weighted by Crippen LogP contribution is -2.38. The van der Waals surface area contributed by atoms with Crippen molar-refractivity contribution in [3.8, 4) is 5.75 Å². The standard InChI is InChI=1S/C20H27F3N4O2S.HI/c1-4-24-19(25-10-9-18-27-17(12-30-18)20(21,22)23)26-11-16(28)14-5-7-15(8-6-14)29-13(2)3;/h5-8,12-13,16,28H,4,9-11H2,1-3H3,(H2,24,25,26);1H. The number of alkyl halides is 3. The van der Waals surface area contributed by atoms with E-state index in [4.69, 9.17) is 4.74 Å². The van der Waals surface area contributed by atoms with Crippen molar-refractivity contribution in [1.82, 2.24) is 15.6 Å². The van der Waals surface area contributed by atoms with Gasteiger partial charge >= 0.3 is 6.18 Å². The summed E-state index contributed by atoms with van der Waals surface area (Å²) >= 11 is 0.980. The van der Waals surface area contributed by atoms with E-state index in [-0.39, 0.29) is 36.6 Å². The third kappa shape index (κ3) is 9.60. The maximum Gasteiger partial charge on any atom is 0.434 e. The fourth-order valence-corrected chi connectivity index (χ4v) is 3.31. The van der Waals surface area contributed by atoms with Crippen LogP contribution in [0.15, 0.2) is 34.6 Å². The molecule has 2 aromatic rings. The van der Waals surface area contributed by atoms with Crippen LogP contribution in [0.5, 0.6) is 5.75 Å². The van der Waals surface area contributed by atoms with Crippen LogP contribution >= 0.6 is 35.3 Å². The second kappa shape index (κ2) is 13.1. The molecule has 3 N–H and O–H groups in total. The summed E-state index contributed by atoms with van der Waals surface area (Å²) in [5.41, 5.74) is -0.149. The number of thiazole rings is 1. The normalized spacial score (nSPS) is 13.0. The molecule has 1 aromatic heterocycles. The van der Waals surface area contributed by atoms with Crippen LogP contribution in [0.1, 0.15) is 43.1 Å². The Morgan fingerprint density at radius 3 is 2.45 bits per heavy atom. The molecule has 0 saturated heterocycles. The zero-order valence-corrected chi connectivity index (χ0v) is 20.7. The molecule has 1 unspecified atom stereocenters. The highest BCUT2D eigenvalue weighted by Crippen LogP contribution is 2.30. The van der Waals surface area contributed by atoms with Crippen LogP contribution in [0.3, 0.4) is 0 Å².